The van der Waals surface area contributed by atoms with Crippen molar-refractivity contribution in [2.45, 2.75) is 6.17 Å². The Labute approximate surface area is 270 Å². The zero-order chi connectivity index (χ0) is 31.2. The van der Waals surface area contributed by atoms with Crippen LogP contribution in [0.5, 0.6) is 0 Å². The van der Waals surface area contributed by atoms with Crippen molar-refractivity contribution in [3.05, 3.63) is 163 Å². The number of hydrogen-bond donors (Lipinski definition) is 1. The Morgan fingerprint density at radius 3 is 1.74 bits per heavy atom. The molecule has 9 rings (SSSR count). The van der Waals surface area contributed by atoms with Gasteiger partial charge < -0.3 is 9.73 Å². The smallest absolute Gasteiger partial charge is 0.177 e. The second kappa shape index (κ2) is 11.2. The van der Waals surface area contributed by atoms with Gasteiger partial charge in [-0.05, 0) is 23.6 Å². The van der Waals surface area contributed by atoms with E-state index in [4.69, 9.17) is 29.3 Å². The molecule has 0 aliphatic carbocycles. The SMILES string of the molecule is c1ccc(-c2nc(-c3ccccc3)nc(-c3ccc(C4=NC(c5nccc6ccccc56)Nc5c4oc4ccccc54)cc3)n2)cc1. The lowest BCUT2D eigenvalue weighted by molar-refractivity contribution is 0.599. The second-order valence-corrected chi connectivity index (χ2v) is 11.4. The number of nitrogens with zero attached hydrogens (tertiary/aromatic N) is 5. The minimum Gasteiger partial charge on any atom is -0.452 e. The monoisotopic (exact) mass is 606 g/mol. The molecule has 3 aromatic heterocycles. The lowest BCUT2D eigenvalue weighted by Crippen LogP contribution is -2.20. The van der Waals surface area contributed by atoms with Gasteiger partial charge in [0, 0.05) is 39.2 Å². The summed E-state index contributed by atoms with van der Waals surface area (Å²) in [6.07, 6.45) is 1.43. The third kappa shape index (κ3) is 4.82. The summed E-state index contributed by atoms with van der Waals surface area (Å²) in [6, 6.07) is 46.5. The Bertz CT molecular complexity index is 2370. The fourth-order valence-electron chi connectivity index (χ4n) is 6.12. The number of furan rings is 1. The van der Waals surface area contributed by atoms with Gasteiger partial charge in [0.1, 0.15) is 11.3 Å². The Morgan fingerprint density at radius 2 is 1.06 bits per heavy atom. The number of para-hydroxylation sites is 1. The summed E-state index contributed by atoms with van der Waals surface area (Å²) < 4.78 is 6.43. The number of fused-ring (bicyclic) bond motifs is 4. The van der Waals surface area contributed by atoms with E-state index in [0.29, 0.717) is 23.2 Å². The van der Waals surface area contributed by atoms with E-state index in [2.05, 4.69) is 35.6 Å². The van der Waals surface area contributed by atoms with Crippen LogP contribution in [0.4, 0.5) is 5.69 Å². The van der Waals surface area contributed by atoms with Crippen LogP contribution in [0.25, 0.3) is 55.9 Å². The van der Waals surface area contributed by atoms with Gasteiger partial charge in [-0.25, -0.2) is 19.9 Å². The van der Waals surface area contributed by atoms with E-state index in [0.717, 1.165) is 61.1 Å². The molecule has 0 fully saturated rings. The van der Waals surface area contributed by atoms with E-state index in [1.807, 2.05) is 115 Å². The van der Waals surface area contributed by atoms with Crippen LogP contribution in [0, 0.1) is 0 Å². The lowest BCUT2D eigenvalue weighted by atomic mass is 10.0. The Kier molecular flexibility index (Phi) is 6.38. The Hall–Kier alpha value is -6.47. The first-order valence-corrected chi connectivity index (χ1v) is 15.5. The number of hydrogen-bond acceptors (Lipinski definition) is 7. The van der Waals surface area contributed by atoms with Crippen LogP contribution in [-0.2, 0) is 0 Å². The molecule has 47 heavy (non-hydrogen) atoms. The number of pyridine rings is 1. The van der Waals surface area contributed by atoms with Crippen molar-refractivity contribution >= 4 is 33.1 Å². The first-order valence-electron chi connectivity index (χ1n) is 15.5. The number of anilines is 1. The maximum absolute atomic E-state index is 6.43. The molecule has 4 heterocycles. The normalized spacial score (nSPS) is 14.0. The molecule has 1 aliphatic heterocycles. The summed E-state index contributed by atoms with van der Waals surface area (Å²) in [6.45, 7) is 0. The van der Waals surface area contributed by atoms with E-state index in [9.17, 15) is 0 Å². The van der Waals surface area contributed by atoms with Crippen molar-refractivity contribution in [1.82, 2.24) is 19.9 Å². The van der Waals surface area contributed by atoms with E-state index in [1.54, 1.807) is 0 Å². The number of benzene rings is 5. The summed E-state index contributed by atoms with van der Waals surface area (Å²) in [7, 11) is 0. The van der Waals surface area contributed by atoms with Crippen LogP contribution in [-0.4, -0.2) is 25.6 Å². The zero-order valence-corrected chi connectivity index (χ0v) is 25.1. The minimum atomic E-state index is -0.408. The van der Waals surface area contributed by atoms with E-state index < -0.39 is 6.17 Å². The molecule has 0 saturated carbocycles. The van der Waals surface area contributed by atoms with E-state index >= 15 is 0 Å². The van der Waals surface area contributed by atoms with Crippen LogP contribution in [0.15, 0.2) is 155 Å². The maximum atomic E-state index is 6.43. The molecule has 8 aromatic rings. The highest BCUT2D eigenvalue weighted by Crippen LogP contribution is 2.40. The quantitative estimate of drug-likeness (QED) is 0.210. The van der Waals surface area contributed by atoms with Crippen LogP contribution in [0.3, 0.4) is 0 Å². The molecule has 1 atom stereocenters. The average Bonchev–Trinajstić information content (AvgIpc) is 3.53. The summed E-state index contributed by atoms with van der Waals surface area (Å²) in [5, 5.41) is 6.81. The third-order valence-corrected chi connectivity index (χ3v) is 8.43. The van der Waals surface area contributed by atoms with Crippen LogP contribution in [0.1, 0.15) is 23.2 Å². The fraction of sp³-hybridized carbons (Fsp3) is 0.0250. The molecule has 0 amide bonds. The standard InChI is InChI=1S/C40H26N6O/c1-3-12-27(13-4-1)37-44-38(28-14-5-2-6-15-28)46-39(45-37)29-21-19-26(20-22-29)33-36-34(31-17-9-10-18-32(31)47-36)43-40(42-33)35-30-16-8-7-11-25(30)23-24-41-35/h1-24,40,43H. The molecule has 7 nitrogen and oxygen atoms in total. The van der Waals surface area contributed by atoms with Gasteiger partial charge in [0.2, 0.25) is 0 Å². The molecular formula is C40H26N6O. The third-order valence-electron chi connectivity index (χ3n) is 8.43. The maximum Gasteiger partial charge on any atom is 0.177 e. The molecule has 0 bridgehead atoms. The molecule has 0 radical (unpaired) electrons. The van der Waals surface area contributed by atoms with Crippen LogP contribution in [0.2, 0.25) is 0 Å². The van der Waals surface area contributed by atoms with Gasteiger partial charge in [-0.3, -0.25) is 4.98 Å². The second-order valence-electron chi connectivity index (χ2n) is 11.4. The van der Waals surface area contributed by atoms with Gasteiger partial charge in [-0.2, -0.15) is 0 Å². The fourth-order valence-corrected chi connectivity index (χ4v) is 6.12. The van der Waals surface area contributed by atoms with Crippen molar-refractivity contribution in [3.8, 4) is 34.2 Å². The first-order chi connectivity index (χ1) is 23.3. The van der Waals surface area contributed by atoms with Gasteiger partial charge in [0.15, 0.2) is 29.4 Å². The van der Waals surface area contributed by atoms with Crippen molar-refractivity contribution in [2.24, 2.45) is 4.99 Å². The van der Waals surface area contributed by atoms with Crippen molar-refractivity contribution in [1.29, 1.82) is 0 Å². The van der Waals surface area contributed by atoms with E-state index in [-0.39, 0.29) is 0 Å². The molecule has 1 unspecified atom stereocenters. The number of rotatable bonds is 5. The van der Waals surface area contributed by atoms with Crippen LogP contribution >= 0.6 is 0 Å². The predicted molar refractivity (Wildman–Crippen MR) is 186 cm³/mol. The number of nitrogens with one attached hydrogen (secondary N) is 1. The molecule has 1 aliphatic rings. The summed E-state index contributed by atoms with van der Waals surface area (Å²) in [5.74, 6) is 2.55. The van der Waals surface area contributed by atoms with Gasteiger partial charge >= 0.3 is 0 Å². The van der Waals surface area contributed by atoms with Crippen LogP contribution < -0.4 is 5.32 Å². The molecule has 5 aromatic carbocycles. The number of aromatic nitrogens is 4. The molecule has 1 N–H and O–H groups in total. The largest absolute Gasteiger partial charge is 0.452 e. The first kappa shape index (κ1) is 26.9. The van der Waals surface area contributed by atoms with Gasteiger partial charge in [-0.1, -0.05) is 121 Å². The molecule has 222 valence electrons. The Balaban J connectivity index is 1.16. The minimum absolute atomic E-state index is 0.408. The molecular weight excluding hydrogens is 580 g/mol. The highest BCUT2D eigenvalue weighted by molar-refractivity contribution is 6.19. The molecule has 7 heteroatoms. The summed E-state index contributed by atoms with van der Waals surface area (Å²) >= 11 is 0. The predicted octanol–water partition coefficient (Wildman–Crippen LogP) is 9.13. The Morgan fingerprint density at radius 1 is 0.511 bits per heavy atom. The summed E-state index contributed by atoms with van der Waals surface area (Å²) in [5.41, 5.74) is 6.98. The van der Waals surface area contributed by atoms with Gasteiger partial charge in [0.05, 0.1) is 11.4 Å². The lowest BCUT2D eigenvalue weighted by Gasteiger charge is -2.23. The zero-order valence-electron chi connectivity index (χ0n) is 25.1. The van der Waals surface area contributed by atoms with Gasteiger partial charge in [0.25, 0.3) is 0 Å². The van der Waals surface area contributed by atoms with Gasteiger partial charge in [-0.15, -0.1) is 0 Å². The highest BCUT2D eigenvalue weighted by atomic mass is 16.3. The molecule has 0 saturated heterocycles. The highest BCUT2D eigenvalue weighted by Gasteiger charge is 2.30. The topological polar surface area (TPSA) is 89.1 Å². The van der Waals surface area contributed by atoms with E-state index in [1.165, 1.54) is 0 Å². The number of aliphatic imine (C=N–C) groups is 1. The summed E-state index contributed by atoms with van der Waals surface area (Å²) in [4.78, 5) is 24.6. The van der Waals surface area contributed by atoms with Crippen molar-refractivity contribution in [3.63, 3.8) is 0 Å². The molecule has 0 spiro atoms. The average molecular weight is 607 g/mol. The van der Waals surface area contributed by atoms with Crippen molar-refractivity contribution < 1.29 is 4.42 Å². The van der Waals surface area contributed by atoms with Crippen molar-refractivity contribution in [2.75, 3.05) is 5.32 Å².